The number of aromatic nitrogens is 2. The van der Waals surface area contributed by atoms with Gasteiger partial charge in [0.05, 0.1) is 6.04 Å². The summed E-state index contributed by atoms with van der Waals surface area (Å²) >= 11 is 0. The van der Waals surface area contributed by atoms with E-state index in [-0.39, 0.29) is 11.4 Å². The number of sulfonamides is 1. The van der Waals surface area contributed by atoms with Crippen LogP contribution in [0.25, 0.3) is 0 Å². The largest absolute Gasteiger partial charge is 0.337 e. The highest BCUT2D eigenvalue weighted by molar-refractivity contribution is 7.89. The molecule has 1 atom stereocenters. The molecule has 124 valence electrons. The van der Waals surface area contributed by atoms with Gasteiger partial charge in [0, 0.05) is 39.1 Å². The third-order valence-electron chi connectivity index (χ3n) is 4.08. The molecule has 1 aliphatic heterocycles. The van der Waals surface area contributed by atoms with Crippen LogP contribution in [-0.2, 0) is 17.1 Å². The Morgan fingerprint density at radius 2 is 2.17 bits per heavy atom. The number of benzene rings is 1. The summed E-state index contributed by atoms with van der Waals surface area (Å²) < 4.78 is 43.5. The molecule has 0 spiro atoms. The molecule has 3 rings (SSSR count). The lowest BCUT2D eigenvalue weighted by molar-refractivity contribution is 0.257. The predicted molar refractivity (Wildman–Crippen MR) is 83.8 cm³/mol. The maximum atomic E-state index is 14.2. The Balaban J connectivity index is 2.08. The van der Waals surface area contributed by atoms with Gasteiger partial charge < -0.3 is 9.88 Å². The number of halogens is 1. The number of piperazine rings is 1. The van der Waals surface area contributed by atoms with Gasteiger partial charge in [0.25, 0.3) is 0 Å². The van der Waals surface area contributed by atoms with Crippen LogP contribution in [0.1, 0.15) is 17.4 Å². The first kappa shape index (κ1) is 16.1. The SMILES string of the molecule is Cc1cccc(F)c1S(=O)(=O)N1CCNCC1c1nccn1C. The van der Waals surface area contributed by atoms with Crippen molar-refractivity contribution in [2.75, 3.05) is 19.6 Å². The Morgan fingerprint density at radius 3 is 2.83 bits per heavy atom. The first-order valence-electron chi connectivity index (χ1n) is 7.38. The quantitative estimate of drug-likeness (QED) is 0.913. The summed E-state index contributed by atoms with van der Waals surface area (Å²) in [4.78, 5) is 4.02. The Hall–Kier alpha value is -1.77. The van der Waals surface area contributed by atoms with E-state index < -0.39 is 21.9 Å². The molecule has 2 heterocycles. The number of imidazole rings is 1. The minimum absolute atomic E-state index is 0.249. The molecule has 0 amide bonds. The van der Waals surface area contributed by atoms with Gasteiger partial charge in [0.15, 0.2) is 0 Å². The Bertz CT molecular complexity index is 798. The lowest BCUT2D eigenvalue weighted by atomic mass is 10.2. The molecular formula is C15H19FN4O2S. The molecule has 0 bridgehead atoms. The second kappa shape index (κ2) is 6.03. The van der Waals surface area contributed by atoms with Crippen LogP contribution in [0.15, 0.2) is 35.5 Å². The molecule has 0 saturated carbocycles. The van der Waals surface area contributed by atoms with E-state index in [9.17, 15) is 12.8 Å². The van der Waals surface area contributed by atoms with Gasteiger partial charge >= 0.3 is 0 Å². The highest BCUT2D eigenvalue weighted by Crippen LogP contribution is 2.30. The molecule has 0 aliphatic carbocycles. The maximum absolute atomic E-state index is 14.2. The molecule has 1 fully saturated rings. The van der Waals surface area contributed by atoms with E-state index in [1.807, 2.05) is 7.05 Å². The average molecular weight is 338 g/mol. The minimum atomic E-state index is -3.95. The minimum Gasteiger partial charge on any atom is -0.337 e. The smallest absolute Gasteiger partial charge is 0.247 e. The summed E-state index contributed by atoms with van der Waals surface area (Å²) in [6.45, 7) is 2.84. The zero-order chi connectivity index (χ0) is 16.6. The first-order valence-corrected chi connectivity index (χ1v) is 8.82. The van der Waals surface area contributed by atoms with Crippen molar-refractivity contribution >= 4 is 10.0 Å². The predicted octanol–water partition coefficient (Wildman–Crippen LogP) is 1.20. The van der Waals surface area contributed by atoms with Gasteiger partial charge in [-0.2, -0.15) is 4.31 Å². The summed E-state index contributed by atoms with van der Waals surface area (Å²) in [6, 6.07) is 3.83. The van der Waals surface area contributed by atoms with Crippen LogP contribution >= 0.6 is 0 Å². The Morgan fingerprint density at radius 1 is 1.39 bits per heavy atom. The molecular weight excluding hydrogens is 319 g/mol. The highest BCUT2D eigenvalue weighted by Gasteiger charge is 2.38. The molecule has 0 radical (unpaired) electrons. The van der Waals surface area contributed by atoms with Crippen molar-refractivity contribution in [3.05, 3.63) is 47.8 Å². The molecule has 1 aromatic carbocycles. The van der Waals surface area contributed by atoms with E-state index in [1.165, 1.54) is 16.4 Å². The van der Waals surface area contributed by atoms with Crippen molar-refractivity contribution in [1.82, 2.24) is 19.2 Å². The van der Waals surface area contributed by atoms with Crippen molar-refractivity contribution < 1.29 is 12.8 Å². The van der Waals surface area contributed by atoms with E-state index in [0.717, 1.165) is 0 Å². The molecule has 1 aliphatic rings. The number of hydrogen-bond donors (Lipinski definition) is 1. The molecule has 8 heteroatoms. The van der Waals surface area contributed by atoms with E-state index >= 15 is 0 Å². The number of hydrogen-bond acceptors (Lipinski definition) is 4. The maximum Gasteiger partial charge on any atom is 0.247 e. The zero-order valence-corrected chi connectivity index (χ0v) is 13.8. The molecule has 6 nitrogen and oxygen atoms in total. The van der Waals surface area contributed by atoms with Crippen LogP contribution in [0.5, 0.6) is 0 Å². The van der Waals surface area contributed by atoms with Gasteiger partial charge in [-0.15, -0.1) is 0 Å². The summed E-state index contributed by atoms with van der Waals surface area (Å²) in [6.07, 6.45) is 3.40. The molecule has 1 N–H and O–H groups in total. The fourth-order valence-electron chi connectivity index (χ4n) is 2.95. The van der Waals surface area contributed by atoms with Crippen LogP contribution in [0.4, 0.5) is 4.39 Å². The summed E-state index contributed by atoms with van der Waals surface area (Å²) in [5.74, 6) is -0.0862. The van der Waals surface area contributed by atoms with Gasteiger partial charge in [0.2, 0.25) is 10.0 Å². The fraction of sp³-hybridized carbons (Fsp3) is 0.400. The number of nitrogens with zero attached hydrogens (tertiary/aromatic N) is 3. The van der Waals surface area contributed by atoms with Crippen molar-refractivity contribution in [3.8, 4) is 0 Å². The van der Waals surface area contributed by atoms with Crippen LogP contribution in [-0.4, -0.2) is 41.9 Å². The number of nitrogens with one attached hydrogen (secondary N) is 1. The average Bonchev–Trinajstić information content (AvgIpc) is 2.93. The zero-order valence-electron chi connectivity index (χ0n) is 13.0. The third kappa shape index (κ3) is 2.77. The van der Waals surface area contributed by atoms with Gasteiger partial charge in [-0.05, 0) is 18.6 Å². The number of aryl methyl sites for hydroxylation is 2. The second-order valence-electron chi connectivity index (χ2n) is 5.62. The van der Waals surface area contributed by atoms with Gasteiger partial charge in [-0.3, -0.25) is 0 Å². The standard InChI is InChI=1S/C15H19FN4O2S/c1-11-4-3-5-12(16)14(11)23(21,22)20-9-6-17-10-13(20)15-18-7-8-19(15)2/h3-5,7-8,13,17H,6,9-10H2,1-2H3. The third-order valence-corrected chi connectivity index (χ3v) is 6.17. The Kier molecular flexibility index (Phi) is 4.22. The van der Waals surface area contributed by atoms with Crippen molar-refractivity contribution in [2.24, 2.45) is 7.05 Å². The summed E-state index contributed by atoms with van der Waals surface area (Å²) in [7, 11) is -2.13. The molecule has 2 aromatic rings. The van der Waals surface area contributed by atoms with E-state index in [0.29, 0.717) is 24.5 Å². The van der Waals surface area contributed by atoms with Crippen LogP contribution in [0.3, 0.4) is 0 Å². The molecule has 1 saturated heterocycles. The van der Waals surface area contributed by atoms with Crippen molar-refractivity contribution in [2.45, 2.75) is 17.9 Å². The highest BCUT2D eigenvalue weighted by atomic mass is 32.2. The Labute approximate surface area is 135 Å². The lowest BCUT2D eigenvalue weighted by Crippen LogP contribution is -2.49. The molecule has 23 heavy (non-hydrogen) atoms. The van der Waals surface area contributed by atoms with E-state index in [4.69, 9.17) is 0 Å². The van der Waals surface area contributed by atoms with Gasteiger partial charge in [0.1, 0.15) is 16.5 Å². The van der Waals surface area contributed by atoms with Gasteiger partial charge in [-0.25, -0.2) is 17.8 Å². The lowest BCUT2D eigenvalue weighted by Gasteiger charge is -2.35. The topological polar surface area (TPSA) is 67.2 Å². The molecule has 1 unspecified atom stereocenters. The summed E-state index contributed by atoms with van der Waals surface area (Å²) in [5.41, 5.74) is 0.405. The van der Waals surface area contributed by atoms with Crippen LogP contribution in [0.2, 0.25) is 0 Å². The van der Waals surface area contributed by atoms with Crippen molar-refractivity contribution in [1.29, 1.82) is 0 Å². The van der Waals surface area contributed by atoms with Gasteiger partial charge in [-0.1, -0.05) is 12.1 Å². The summed E-state index contributed by atoms with van der Waals surface area (Å²) in [5, 5.41) is 3.18. The monoisotopic (exact) mass is 338 g/mol. The van der Waals surface area contributed by atoms with Crippen molar-refractivity contribution in [3.63, 3.8) is 0 Å². The second-order valence-corrected chi connectivity index (χ2v) is 7.45. The van der Waals surface area contributed by atoms with E-state index in [1.54, 1.807) is 30.0 Å². The molecule has 1 aromatic heterocycles. The van der Waals surface area contributed by atoms with E-state index in [2.05, 4.69) is 10.3 Å². The fourth-order valence-corrected chi connectivity index (χ4v) is 4.81. The normalized spacial score (nSPS) is 19.9. The first-order chi connectivity index (χ1) is 10.9. The van der Waals surface area contributed by atoms with Crippen LogP contribution in [0, 0.1) is 12.7 Å². The van der Waals surface area contributed by atoms with Crippen LogP contribution < -0.4 is 5.32 Å². The number of rotatable bonds is 3.